The van der Waals surface area contributed by atoms with Crippen molar-refractivity contribution in [2.75, 3.05) is 18.0 Å². The highest BCUT2D eigenvalue weighted by molar-refractivity contribution is 5.36. The van der Waals surface area contributed by atoms with Gasteiger partial charge in [-0.1, -0.05) is 0 Å². The van der Waals surface area contributed by atoms with Gasteiger partial charge in [-0.2, -0.15) is 0 Å². The van der Waals surface area contributed by atoms with Gasteiger partial charge in [0.05, 0.1) is 0 Å². The van der Waals surface area contributed by atoms with Crippen molar-refractivity contribution in [3.05, 3.63) is 22.7 Å². The maximum absolute atomic E-state index is 11.6. The largest absolute Gasteiger partial charge is 0.349 e. The summed E-state index contributed by atoms with van der Waals surface area (Å²) in [5.41, 5.74) is -0.112. The Morgan fingerprint density at radius 2 is 2.07 bits per heavy atom. The Labute approximate surface area is 88.5 Å². The van der Waals surface area contributed by atoms with Crippen LogP contribution in [0.3, 0.4) is 0 Å². The Hall–Kier alpha value is -1.36. The molecule has 5 nitrogen and oxygen atoms in total. The summed E-state index contributed by atoms with van der Waals surface area (Å²) in [6.45, 7) is 5.87. The van der Waals surface area contributed by atoms with Crippen molar-refractivity contribution in [1.82, 2.24) is 15.3 Å². The number of hydrogen-bond donors (Lipinski definition) is 2. The van der Waals surface area contributed by atoms with Gasteiger partial charge in [0, 0.05) is 37.6 Å². The van der Waals surface area contributed by atoms with Crippen molar-refractivity contribution >= 4 is 5.82 Å². The van der Waals surface area contributed by atoms with Crippen LogP contribution in [0, 0.1) is 0 Å². The van der Waals surface area contributed by atoms with E-state index in [9.17, 15) is 4.79 Å². The van der Waals surface area contributed by atoms with Crippen LogP contribution >= 0.6 is 0 Å². The molecule has 1 fully saturated rings. The molecule has 5 heteroatoms. The Morgan fingerprint density at radius 3 is 2.67 bits per heavy atom. The average molecular weight is 208 g/mol. The molecule has 0 bridgehead atoms. The Bertz CT molecular complexity index is 379. The standard InChI is InChI=1S/C10H16N4O/c1-7-5-14(6-8(2)13-7)9-10(15)12-4-3-11-9/h3-4,7-8,13H,5-6H2,1-2H3,(H,12,15). The molecule has 1 aliphatic heterocycles. The zero-order valence-electron chi connectivity index (χ0n) is 9.03. The van der Waals surface area contributed by atoms with Crippen LogP contribution in [-0.2, 0) is 0 Å². The number of H-pyrrole nitrogens is 1. The first-order valence-electron chi connectivity index (χ1n) is 5.21. The second-order valence-electron chi connectivity index (χ2n) is 4.12. The number of nitrogens with zero attached hydrogens (tertiary/aromatic N) is 2. The monoisotopic (exact) mass is 208 g/mol. The molecule has 0 amide bonds. The molecule has 0 spiro atoms. The molecule has 1 aromatic heterocycles. The number of rotatable bonds is 1. The second-order valence-corrected chi connectivity index (χ2v) is 4.12. The van der Waals surface area contributed by atoms with Crippen LogP contribution in [0.5, 0.6) is 0 Å². The van der Waals surface area contributed by atoms with E-state index >= 15 is 0 Å². The lowest BCUT2D eigenvalue weighted by atomic mass is 10.1. The number of nitrogens with one attached hydrogen (secondary N) is 2. The van der Waals surface area contributed by atoms with Crippen molar-refractivity contribution in [2.45, 2.75) is 25.9 Å². The fourth-order valence-electron chi connectivity index (χ4n) is 2.07. The molecule has 0 radical (unpaired) electrons. The van der Waals surface area contributed by atoms with Gasteiger partial charge >= 0.3 is 0 Å². The molecular weight excluding hydrogens is 192 g/mol. The summed E-state index contributed by atoms with van der Waals surface area (Å²) in [7, 11) is 0. The SMILES string of the molecule is CC1CN(c2ncc[nH]c2=O)CC(C)N1. The molecule has 2 atom stereocenters. The zero-order valence-corrected chi connectivity index (χ0v) is 9.03. The number of anilines is 1. The van der Waals surface area contributed by atoms with E-state index in [1.165, 1.54) is 0 Å². The summed E-state index contributed by atoms with van der Waals surface area (Å²) in [6, 6.07) is 0.769. The fourth-order valence-corrected chi connectivity index (χ4v) is 2.07. The first-order valence-corrected chi connectivity index (χ1v) is 5.21. The topological polar surface area (TPSA) is 61.0 Å². The minimum absolute atomic E-state index is 0.112. The lowest BCUT2D eigenvalue weighted by molar-refractivity contribution is 0.404. The minimum Gasteiger partial charge on any atom is -0.349 e. The number of aromatic nitrogens is 2. The van der Waals surface area contributed by atoms with Gasteiger partial charge in [0.15, 0.2) is 5.82 Å². The fraction of sp³-hybridized carbons (Fsp3) is 0.600. The minimum atomic E-state index is -0.112. The van der Waals surface area contributed by atoms with Crippen molar-refractivity contribution in [2.24, 2.45) is 0 Å². The molecule has 2 heterocycles. The molecular formula is C10H16N4O. The highest BCUT2D eigenvalue weighted by Gasteiger charge is 2.23. The molecule has 0 aromatic carbocycles. The highest BCUT2D eigenvalue weighted by Crippen LogP contribution is 2.09. The van der Waals surface area contributed by atoms with Gasteiger partial charge in [-0.05, 0) is 13.8 Å². The zero-order chi connectivity index (χ0) is 10.8. The molecule has 2 unspecified atom stereocenters. The van der Waals surface area contributed by atoms with E-state index in [2.05, 4.69) is 29.1 Å². The maximum atomic E-state index is 11.6. The number of piperazine rings is 1. The molecule has 1 aliphatic rings. The van der Waals surface area contributed by atoms with E-state index in [1.807, 2.05) is 4.90 Å². The highest BCUT2D eigenvalue weighted by atomic mass is 16.1. The van der Waals surface area contributed by atoms with E-state index < -0.39 is 0 Å². The predicted octanol–water partition coefficient (Wildman–Crippen LogP) is -0.0435. The molecule has 15 heavy (non-hydrogen) atoms. The number of hydrogen-bond acceptors (Lipinski definition) is 4. The van der Waals surface area contributed by atoms with E-state index in [1.54, 1.807) is 12.4 Å². The van der Waals surface area contributed by atoms with Crippen molar-refractivity contribution in [3.63, 3.8) is 0 Å². The summed E-state index contributed by atoms with van der Waals surface area (Å²) in [6.07, 6.45) is 3.18. The van der Waals surface area contributed by atoms with Gasteiger partial charge in [-0.25, -0.2) is 4.98 Å². The van der Waals surface area contributed by atoms with E-state index in [0.29, 0.717) is 17.9 Å². The summed E-state index contributed by atoms with van der Waals surface area (Å²) in [4.78, 5) is 20.4. The van der Waals surface area contributed by atoms with Gasteiger partial charge < -0.3 is 15.2 Å². The van der Waals surface area contributed by atoms with E-state index in [-0.39, 0.29) is 5.56 Å². The first kappa shape index (κ1) is 10.2. The molecule has 1 aromatic rings. The van der Waals surface area contributed by atoms with Crippen LogP contribution in [0.25, 0.3) is 0 Å². The molecule has 82 valence electrons. The van der Waals surface area contributed by atoms with Crippen molar-refractivity contribution in [1.29, 1.82) is 0 Å². The van der Waals surface area contributed by atoms with E-state index in [4.69, 9.17) is 0 Å². The molecule has 0 saturated carbocycles. The quantitative estimate of drug-likeness (QED) is 0.679. The van der Waals surface area contributed by atoms with Crippen LogP contribution < -0.4 is 15.8 Å². The second kappa shape index (κ2) is 4.02. The summed E-state index contributed by atoms with van der Waals surface area (Å²) < 4.78 is 0. The lowest BCUT2D eigenvalue weighted by Crippen LogP contribution is -2.55. The van der Waals surface area contributed by atoms with Crippen LogP contribution in [0.2, 0.25) is 0 Å². The summed E-state index contributed by atoms with van der Waals surface area (Å²) in [5.74, 6) is 0.526. The van der Waals surface area contributed by atoms with Gasteiger partial charge in [0.25, 0.3) is 5.56 Å². The Balaban J connectivity index is 2.24. The Morgan fingerprint density at radius 1 is 1.40 bits per heavy atom. The van der Waals surface area contributed by atoms with Crippen LogP contribution in [-0.4, -0.2) is 35.1 Å². The third-order valence-electron chi connectivity index (χ3n) is 2.55. The molecule has 2 N–H and O–H groups in total. The Kier molecular flexibility index (Phi) is 2.73. The van der Waals surface area contributed by atoms with Crippen LogP contribution in [0.1, 0.15) is 13.8 Å². The van der Waals surface area contributed by atoms with Gasteiger partial charge in [0.1, 0.15) is 0 Å². The van der Waals surface area contributed by atoms with E-state index in [0.717, 1.165) is 13.1 Å². The maximum Gasteiger partial charge on any atom is 0.290 e. The predicted molar refractivity (Wildman–Crippen MR) is 59.1 cm³/mol. The average Bonchev–Trinajstić information content (AvgIpc) is 2.16. The third kappa shape index (κ3) is 2.18. The van der Waals surface area contributed by atoms with Crippen molar-refractivity contribution < 1.29 is 0 Å². The first-order chi connectivity index (χ1) is 7.16. The number of aromatic amines is 1. The van der Waals surface area contributed by atoms with Crippen molar-refractivity contribution in [3.8, 4) is 0 Å². The summed E-state index contributed by atoms with van der Waals surface area (Å²) >= 11 is 0. The normalized spacial score (nSPS) is 26.7. The molecule has 1 saturated heterocycles. The molecule has 0 aliphatic carbocycles. The summed E-state index contributed by atoms with van der Waals surface area (Å²) in [5, 5.41) is 3.42. The molecule has 2 rings (SSSR count). The van der Waals surface area contributed by atoms with Gasteiger partial charge in [-0.3, -0.25) is 4.79 Å². The van der Waals surface area contributed by atoms with Gasteiger partial charge in [0.2, 0.25) is 0 Å². The van der Waals surface area contributed by atoms with Gasteiger partial charge in [-0.15, -0.1) is 0 Å². The lowest BCUT2D eigenvalue weighted by Gasteiger charge is -2.36. The van der Waals surface area contributed by atoms with Crippen LogP contribution in [0.4, 0.5) is 5.82 Å². The smallest absolute Gasteiger partial charge is 0.290 e. The third-order valence-corrected chi connectivity index (χ3v) is 2.55. The van der Waals surface area contributed by atoms with Crippen LogP contribution in [0.15, 0.2) is 17.2 Å².